The standard InChI is InChI=1S/C24H34N4O5/c1-3-12-27(14-10-19(29)26-11-15-33-25-2)20(30)7-5-4-6-13-28-23(31)21-17-8-9-18(16-17)22(21)24(28)32/h1,8-9,17-18,21-22,25H,4-7,10-16H2,2H3,(H,26,29)/t17-,18+,21+,22-. The highest BCUT2D eigenvalue weighted by Crippen LogP contribution is 2.52. The highest BCUT2D eigenvalue weighted by atomic mass is 16.6. The summed E-state index contributed by atoms with van der Waals surface area (Å²) in [6.07, 6.45) is 13.0. The maximum absolute atomic E-state index is 12.7. The lowest BCUT2D eigenvalue weighted by atomic mass is 9.85. The number of amides is 4. The number of hydroxylamine groups is 1. The number of imide groups is 1. The molecule has 0 radical (unpaired) electrons. The van der Waals surface area contributed by atoms with Gasteiger partial charge in [0.15, 0.2) is 0 Å². The van der Waals surface area contributed by atoms with Crippen molar-refractivity contribution in [1.82, 2.24) is 20.6 Å². The Morgan fingerprint density at radius 3 is 2.48 bits per heavy atom. The van der Waals surface area contributed by atoms with Gasteiger partial charge in [-0.15, -0.1) is 6.42 Å². The molecule has 9 heteroatoms. The molecule has 2 N–H and O–H groups in total. The van der Waals surface area contributed by atoms with Gasteiger partial charge in [0, 0.05) is 39.5 Å². The van der Waals surface area contributed by atoms with Crippen LogP contribution in [0.2, 0.25) is 0 Å². The van der Waals surface area contributed by atoms with Gasteiger partial charge in [-0.25, -0.2) is 5.48 Å². The van der Waals surface area contributed by atoms with Gasteiger partial charge in [0.05, 0.1) is 25.0 Å². The minimum Gasteiger partial charge on any atom is -0.354 e. The molecule has 1 saturated carbocycles. The maximum Gasteiger partial charge on any atom is 0.233 e. The van der Waals surface area contributed by atoms with E-state index in [1.54, 1.807) is 7.05 Å². The predicted molar refractivity (Wildman–Crippen MR) is 121 cm³/mol. The Morgan fingerprint density at radius 1 is 1.15 bits per heavy atom. The summed E-state index contributed by atoms with van der Waals surface area (Å²) in [6.45, 7) is 1.57. The highest BCUT2D eigenvalue weighted by molar-refractivity contribution is 6.06. The van der Waals surface area contributed by atoms with Crippen LogP contribution in [0.25, 0.3) is 0 Å². The number of hydrogen-bond donors (Lipinski definition) is 2. The van der Waals surface area contributed by atoms with E-state index in [0.717, 1.165) is 12.8 Å². The number of fused-ring (bicyclic) bond motifs is 5. The zero-order chi connectivity index (χ0) is 23.8. The molecule has 1 heterocycles. The van der Waals surface area contributed by atoms with E-state index in [1.807, 2.05) is 0 Å². The number of nitrogens with zero attached hydrogens (tertiary/aromatic N) is 2. The molecule has 0 aromatic carbocycles. The van der Waals surface area contributed by atoms with Crippen molar-refractivity contribution in [3.8, 4) is 12.3 Å². The van der Waals surface area contributed by atoms with E-state index in [0.29, 0.717) is 39.0 Å². The molecule has 9 nitrogen and oxygen atoms in total. The van der Waals surface area contributed by atoms with Crippen molar-refractivity contribution >= 4 is 23.6 Å². The van der Waals surface area contributed by atoms with E-state index < -0.39 is 0 Å². The second-order valence-electron chi connectivity index (χ2n) is 8.81. The summed E-state index contributed by atoms with van der Waals surface area (Å²) in [7, 11) is 1.64. The third kappa shape index (κ3) is 6.01. The molecule has 2 fully saturated rings. The minimum atomic E-state index is -0.169. The van der Waals surface area contributed by atoms with Crippen LogP contribution in [-0.4, -0.2) is 73.3 Å². The first-order valence-electron chi connectivity index (χ1n) is 11.8. The average molecular weight is 459 g/mol. The van der Waals surface area contributed by atoms with Crippen LogP contribution >= 0.6 is 0 Å². The number of rotatable bonds is 14. The molecular weight excluding hydrogens is 424 g/mol. The predicted octanol–water partition coefficient (Wildman–Crippen LogP) is 0.473. The first kappa shape index (κ1) is 24.9. The van der Waals surface area contributed by atoms with Crippen molar-refractivity contribution in [3.63, 3.8) is 0 Å². The number of unbranched alkanes of at least 4 members (excludes halogenated alkanes) is 2. The van der Waals surface area contributed by atoms with Crippen molar-refractivity contribution < 1.29 is 24.0 Å². The first-order valence-corrected chi connectivity index (χ1v) is 11.8. The normalized spacial score (nSPS) is 24.8. The van der Waals surface area contributed by atoms with Gasteiger partial charge in [0.1, 0.15) is 0 Å². The Labute approximate surface area is 195 Å². The summed E-state index contributed by atoms with van der Waals surface area (Å²) in [5.74, 6) is 2.32. The molecule has 1 aliphatic heterocycles. The van der Waals surface area contributed by atoms with Crippen LogP contribution in [0.5, 0.6) is 0 Å². The van der Waals surface area contributed by atoms with Crippen LogP contribution in [0.4, 0.5) is 0 Å². The largest absolute Gasteiger partial charge is 0.354 e. The molecule has 1 saturated heterocycles. The summed E-state index contributed by atoms with van der Waals surface area (Å²) in [5.41, 5.74) is 2.52. The zero-order valence-corrected chi connectivity index (χ0v) is 19.3. The van der Waals surface area contributed by atoms with E-state index in [1.165, 1.54) is 9.80 Å². The number of allylic oxidation sites excluding steroid dienone is 2. The Morgan fingerprint density at radius 2 is 1.85 bits per heavy atom. The van der Waals surface area contributed by atoms with Crippen LogP contribution in [0, 0.1) is 36.0 Å². The molecule has 0 unspecified atom stereocenters. The number of carbonyl (C=O) groups is 4. The van der Waals surface area contributed by atoms with Gasteiger partial charge >= 0.3 is 0 Å². The summed E-state index contributed by atoms with van der Waals surface area (Å²) >= 11 is 0. The zero-order valence-electron chi connectivity index (χ0n) is 19.3. The van der Waals surface area contributed by atoms with E-state index >= 15 is 0 Å². The minimum absolute atomic E-state index is 0.0195. The molecule has 0 aromatic rings. The molecule has 33 heavy (non-hydrogen) atoms. The first-order chi connectivity index (χ1) is 16.0. The van der Waals surface area contributed by atoms with E-state index in [9.17, 15) is 19.2 Å². The van der Waals surface area contributed by atoms with Crippen LogP contribution in [-0.2, 0) is 24.0 Å². The van der Waals surface area contributed by atoms with Crippen molar-refractivity contribution in [1.29, 1.82) is 0 Å². The molecule has 2 bridgehead atoms. The summed E-state index contributed by atoms with van der Waals surface area (Å²) in [6, 6.07) is 0. The molecule has 4 atom stereocenters. The smallest absolute Gasteiger partial charge is 0.233 e. The third-order valence-corrected chi connectivity index (χ3v) is 6.75. The SMILES string of the molecule is C#CCN(CCC(=O)NCCONC)C(=O)CCCCCN1C(=O)[C@@H]2[C@H](C1=O)[C@H]1C=C[C@@H]2C1. The number of likely N-dealkylation sites (tertiary alicyclic amines) is 1. The molecule has 0 spiro atoms. The van der Waals surface area contributed by atoms with Crippen molar-refractivity contribution in [2.45, 2.75) is 38.5 Å². The van der Waals surface area contributed by atoms with Crippen molar-refractivity contribution in [2.75, 3.05) is 39.8 Å². The van der Waals surface area contributed by atoms with E-state index in [-0.39, 0.29) is 66.8 Å². The number of carbonyl (C=O) groups excluding carboxylic acids is 4. The van der Waals surface area contributed by atoms with Crippen LogP contribution in [0.3, 0.4) is 0 Å². The quantitative estimate of drug-likeness (QED) is 0.129. The van der Waals surface area contributed by atoms with Gasteiger partial charge in [-0.3, -0.25) is 24.1 Å². The summed E-state index contributed by atoms with van der Waals surface area (Å²) in [5, 5.41) is 2.71. The van der Waals surface area contributed by atoms with E-state index in [2.05, 4.69) is 28.9 Å². The third-order valence-electron chi connectivity index (χ3n) is 6.75. The second kappa shape index (κ2) is 12.0. The maximum atomic E-state index is 12.7. The topological polar surface area (TPSA) is 108 Å². The van der Waals surface area contributed by atoms with Gasteiger partial charge in [-0.1, -0.05) is 24.5 Å². The van der Waals surface area contributed by atoms with Gasteiger partial charge < -0.3 is 15.1 Å². The fourth-order valence-corrected chi connectivity index (χ4v) is 5.14. The van der Waals surface area contributed by atoms with Crippen molar-refractivity contribution in [3.05, 3.63) is 12.2 Å². The monoisotopic (exact) mass is 458 g/mol. The van der Waals surface area contributed by atoms with Crippen LogP contribution < -0.4 is 10.8 Å². The lowest BCUT2D eigenvalue weighted by Crippen LogP contribution is -2.36. The average Bonchev–Trinajstić information content (AvgIpc) is 3.48. The van der Waals surface area contributed by atoms with E-state index in [4.69, 9.17) is 11.3 Å². The molecule has 0 aromatic heterocycles. The van der Waals surface area contributed by atoms with Gasteiger partial charge in [0.25, 0.3) is 0 Å². The molecule has 2 aliphatic carbocycles. The van der Waals surface area contributed by atoms with Crippen molar-refractivity contribution in [2.24, 2.45) is 23.7 Å². The second-order valence-corrected chi connectivity index (χ2v) is 8.81. The fraction of sp³-hybridized carbons (Fsp3) is 0.667. The molecular formula is C24H34N4O5. The highest BCUT2D eigenvalue weighted by Gasteiger charge is 2.58. The summed E-state index contributed by atoms with van der Waals surface area (Å²) < 4.78 is 0. The summed E-state index contributed by atoms with van der Waals surface area (Å²) in [4.78, 5) is 57.7. The Kier molecular flexibility index (Phi) is 9.03. The van der Waals surface area contributed by atoms with Crippen LogP contribution in [0.15, 0.2) is 12.2 Å². The van der Waals surface area contributed by atoms with Gasteiger partial charge in [0.2, 0.25) is 23.6 Å². The van der Waals surface area contributed by atoms with Gasteiger partial charge in [-0.05, 0) is 31.1 Å². The molecule has 3 aliphatic rings. The number of terminal acetylenes is 1. The molecule has 180 valence electrons. The van der Waals surface area contributed by atoms with Gasteiger partial charge in [-0.2, -0.15) is 0 Å². The Hall–Kier alpha value is -2.70. The fourth-order valence-electron chi connectivity index (χ4n) is 5.14. The Balaban J connectivity index is 1.32. The molecule has 4 amide bonds. The van der Waals surface area contributed by atoms with Crippen LogP contribution in [0.1, 0.15) is 38.5 Å². The molecule has 3 rings (SSSR count). The lowest BCUT2D eigenvalue weighted by Gasteiger charge is -2.20. The number of hydrogen-bond acceptors (Lipinski definition) is 6. The lowest BCUT2D eigenvalue weighted by molar-refractivity contribution is -0.141. The Bertz CT molecular complexity index is 790. The number of nitrogens with one attached hydrogen (secondary N) is 2.